The van der Waals surface area contributed by atoms with E-state index in [1.54, 1.807) is 0 Å². The third-order valence-corrected chi connectivity index (χ3v) is 5.21. The Morgan fingerprint density at radius 3 is 2.90 bits per heavy atom. The maximum absolute atomic E-state index is 5.50. The molecule has 0 amide bonds. The van der Waals surface area contributed by atoms with Crippen LogP contribution in [0.4, 0.5) is 11.8 Å². The fourth-order valence-electron chi connectivity index (χ4n) is 2.58. The molecule has 2 heterocycles. The highest BCUT2D eigenvalue weighted by Gasteiger charge is 2.27. The van der Waals surface area contributed by atoms with Crippen molar-refractivity contribution in [2.24, 2.45) is 5.84 Å². The Labute approximate surface area is 122 Å². The number of hydrazine groups is 1. The maximum Gasteiger partial charge on any atom is 0.239 e. The summed E-state index contributed by atoms with van der Waals surface area (Å²) >= 11 is 2.01. The molecule has 3 N–H and O–H groups in total. The van der Waals surface area contributed by atoms with Crippen LogP contribution in [-0.4, -0.2) is 33.6 Å². The van der Waals surface area contributed by atoms with Crippen molar-refractivity contribution < 1.29 is 0 Å². The summed E-state index contributed by atoms with van der Waals surface area (Å²) in [6.07, 6.45) is 0. The first-order valence-electron chi connectivity index (χ1n) is 6.82. The lowest BCUT2D eigenvalue weighted by Crippen LogP contribution is -2.45. The molecule has 2 unspecified atom stereocenters. The Hall–Kier alpha value is -1.53. The summed E-state index contributed by atoms with van der Waals surface area (Å²) in [5, 5.41) is 1.67. The smallest absolute Gasteiger partial charge is 0.239 e. The van der Waals surface area contributed by atoms with Gasteiger partial charge in [-0.15, -0.1) is 0 Å². The van der Waals surface area contributed by atoms with Gasteiger partial charge in [0.05, 0.1) is 5.52 Å². The second-order valence-corrected chi connectivity index (χ2v) is 6.53. The van der Waals surface area contributed by atoms with Gasteiger partial charge < -0.3 is 4.90 Å². The number of anilines is 2. The standard InChI is InChI=1S/C14H19N5S/c1-9-10(2)20-8-7-19(9)13-11-5-3-4-6-12(11)16-14(17-13)18-15/h3-6,9-10H,7-8,15H2,1-2H3,(H,16,17,18). The van der Waals surface area contributed by atoms with Gasteiger partial charge in [-0.25, -0.2) is 10.8 Å². The predicted octanol–water partition coefficient (Wildman–Crippen LogP) is 2.25. The van der Waals surface area contributed by atoms with E-state index in [0.29, 0.717) is 17.2 Å². The van der Waals surface area contributed by atoms with Crippen LogP contribution in [0.2, 0.25) is 0 Å². The molecule has 1 aromatic heterocycles. The molecule has 6 heteroatoms. The first-order valence-corrected chi connectivity index (χ1v) is 7.87. The number of hydrogen-bond acceptors (Lipinski definition) is 6. The predicted molar refractivity (Wildman–Crippen MR) is 86.1 cm³/mol. The van der Waals surface area contributed by atoms with Gasteiger partial charge in [-0.05, 0) is 19.1 Å². The van der Waals surface area contributed by atoms with Crippen LogP contribution in [0.1, 0.15) is 13.8 Å². The minimum atomic E-state index is 0.442. The summed E-state index contributed by atoms with van der Waals surface area (Å²) < 4.78 is 0. The molecule has 1 aliphatic heterocycles. The van der Waals surface area contributed by atoms with Gasteiger partial charge in [0.1, 0.15) is 5.82 Å². The first kappa shape index (κ1) is 13.5. The third kappa shape index (κ3) is 2.29. The van der Waals surface area contributed by atoms with Crippen LogP contribution in [0, 0.1) is 0 Å². The number of para-hydroxylation sites is 1. The van der Waals surface area contributed by atoms with Crippen molar-refractivity contribution in [2.75, 3.05) is 22.6 Å². The molecule has 0 radical (unpaired) electrons. The first-order chi connectivity index (χ1) is 9.70. The average molecular weight is 289 g/mol. The van der Waals surface area contributed by atoms with E-state index in [4.69, 9.17) is 5.84 Å². The van der Waals surface area contributed by atoms with Crippen LogP contribution in [0.25, 0.3) is 10.9 Å². The monoisotopic (exact) mass is 289 g/mol. The number of nitrogens with two attached hydrogens (primary N) is 1. The van der Waals surface area contributed by atoms with Gasteiger partial charge in [-0.3, -0.25) is 5.43 Å². The average Bonchev–Trinajstić information content (AvgIpc) is 2.49. The van der Waals surface area contributed by atoms with E-state index in [0.717, 1.165) is 29.0 Å². The number of nitrogens with one attached hydrogen (secondary N) is 1. The molecule has 2 aromatic rings. The number of rotatable bonds is 2. The summed E-state index contributed by atoms with van der Waals surface area (Å²) in [5.41, 5.74) is 3.49. The second kappa shape index (κ2) is 5.46. The van der Waals surface area contributed by atoms with Crippen LogP contribution in [0.15, 0.2) is 24.3 Å². The van der Waals surface area contributed by atoms with Crippen molar-refractivity contribution in [1.82, 2.24) is 9.97 Å². The summed E-state index contributed by atoms with van der Waals surface area (Å²) in [6.45, 7) is 5.53. The Balaban J connectivity index is 2.13. The minimum Gasteiger partial charge on any atom is -0.351 e. The molecular weight excluding hydrogens is 270 g/mol. The molecule has 0 bridgehead atoms. The van der Waals surface area contributed by atoms with Gasteiger partial charge in [0.2, 0.25) is 5.95 Å². The Morgan fingerprint density at radius 1 is 1.30 bits per heavy atom. The molecule has 3 rings (SSSR count). The molecule has 1 saturated heterocycles. The SMILES string of the molecule is CC1SCCN(c2nc(NN)nc3ccccc23)C1C. The van der Waals surface area contributed by atoms with Crippen molar-refractivity contribution in [3.05, 3.63) is 24.3 Å². The topological polar surface area (TPSA) is 67.1 Å². The number of thioether (sulfide) groups is 1. The number of hydrogen-bond donors (Lipinski definition) is 2. The highest BCUT2D eigenvalue weighted by molar-refractivity contribution is 8.00. The van der Waals surface area contributed by atoms with Gasteiger partial charge in [0.15, 0.2) is 0 Å². The molecule has 0 aliphatic carbocycles. The zero-order valence-corrected chi connectivity index (χ0v) is 12.5. The normalized spacial score (nSPS) is 23.1. The fraction of sp³-hybridized carbons (Fsp3) is 0.429. The number of fused-ring (bicyclic) bond motifs is 1. The molecular formula is C14H19N5S. The summed E-state index contributed by atoms with van der Waals surface area (Å²) in [6, 6.07) is 8.52. The van der Waals surface area contributed by atoms with E-state index in [2.05, 4.69) is 40.2 Å². The summed E-state index contributed by atoms with van der Waals surface area (Å²) in [4.78, 5) is 11.4. The van der Waals surface area contributed by atoms with Crippen LogP contribution >= 0.6 is 11.8 Å². The molecule has 20 heavy (non-hydrogen) atoms. The lowest BCUT2D eigenvalue weighted by Gasteiger charge is -2.38. The Kier molecular flexibility index (Phi) is 3.67. The lowest BCUT2D eigenvalue weighted by atomic mass is 10.1. The minimum absolute atomic E-state index is 0.442. The van der Waals surface area contributed by atoms with Gasteiger partial charge in [-0.2, -0.15) is 16.7 Å². The quantitative estimate of drug-likeness (QED) is 0.653. The maximum atomic E-state index is 5.50. The van der Waals surface area contributed by atoms with Crippen LogP contribution in [-0.2, 0) is 0 Å². The number of benzene rings is 1. The van der Waals surface area contributed by atoms with Gasteiger partial charge in [0.25, 0.3) is 0 Å². The van der Waals surface area contributed by atoms with Crippen molar-refractivity contribution in [3.8, 4) is 0 Å². The van der Waals surface area contributed by atoms with E-state index < -0.39 is 0 Å². The van der Waals surface area contributed by atoms with Crippen molar-refractivity contribution in [3.63, 3.8) is 0 Å². The third-order valence-electron chi connectivity index (χ3n) is 3.87. The second-order valence-electron chi connectivity index (χ2n) is 5.04. The lowest BCUT2D eigenvalue weighted by molar-refractivity contribution is 0.622. The molecule has 5 nitrogen and oxygen atoms in total. The van der Waals surface area contributed by atoms with Gasteiger partial charge in [-0.1, -0.05) is 19.1 Å². The zero-order chi connectivity index (χ0) is 14.1. The molecule has 0 saturated carbocycles. The van der Waals surface area contributed by atoms with Gasteiger partial charge in [0, 0.05) is 29.0 Å². The molecule has 1 fully saturated rings. The summed E-state index contributed by atoms with van der Waals surface area (Å²) in [7, 11) is 0. The largest absolute Gasteiger partial charge is 0.351 e. The Bertz CT molecular complexity index is 618. The number of nitrogens with zero attached hydrogens (tertiary/aromatic N) is 3. The molecule has 0 spiro atoms. The van der Waals surface area contributed by atoms with Crippen molar-refractivity contribution >= 4 is 34.4 Å². The molecule has 1 aliphatic rings. The van der Waals surface area contributed by atoms with E-state index in [-0.39, 0.29) is 0 Å². The summed E-state index contributed by atoms with van der Waals surface area (Å²) in [5.74, 6) is 8.07. The van der Waals surface area contributed by atoms with E-state index >= 15 is 0 Å². The molecule has 2 atom stereocenters. The number of aromatic nitrogens is 2. The molecule has 106 valence electrons. The van der Waals surface area contributed by atoms with Crippen LogP contribution in [0.5, 0.6) is 0 Å². The highest BCUT2D eigenvalue weighted by Crippen LogP contribution is 2.32. The molecule has 1 aromatic carbocycles. The van der Waals surface area contributed by atoms with Crippen LogP contribution < -0.4 is 16.2 Å². The van der Waals surface area contributed by atoms with Crippen molar-refractivity contribution in [1.29, 1.82) is 0 Å². The highest BCUT2D eigenvalue weighted by atomic mass is 32.2. The van der Waals surface area contributed by atoms with Gasteiger partial charge >= 0.3 is 0 Å². The number of nitrogen functional groups attached to an aromatic ring is 1. The van der Waals surface area contributed by atoms with E-state index in [1.165, 1.54) is 0 Å². The fourth-order valence-corrected chi connectivity index (χ4v) is 3.67. The van der Waals surface area contributed by atoms with Crippen LogP contribution in [0.3, 0.4) is 0 Å². The van der Waals surface area contributed by atoms with E-state index in [1.807, 2.05) is 30.0 Å². The van der Waals surface area contributed by atoms with Crippen molar-refractivity contribution in [2.45, 2.75) is 25.1 Å². The van der Waals surface area contributed by atoms with E-state index in [9.17, 15) is 0 Å². The Morgan fingerprint density at radius 2 is 2.10 bits per heavy atom. The zero-order valence-electron chi connectivity index (χ0n) is 11.7.